The maximum atomic E-state index is 13.9. The highest BCUT2D eigenvalue weighted by Crippen LogP contribution is 2.28. The molecule has 1 saturated heterocycles. The van der Waals surface area contributed by atoms with Crippen LogP contribution in [0.5, 0.6) is 0 Å². The third-order valence-electron chi connectivity index (χ3n) is 4.24. The minimum absolute atomic E-state index is 0.154. The molecule has 1 N–H and O–H groups in total. The molecule has 1 unspecified atom stereocenters. The quantitative estimate of drug-likeness (QED) is 0.740. The zero-order valence-electron chi connectivity index (χ0n) is 13.3. The van der Waals surface area contributed by atoms with Crippen molar-refractivity contribution >= 4 is 17.0 Å². The second-order valence-corrected chi connectivity index (χ2v) is 5.87. The van der Waals surface area contributed by atoms with E-state index in [1.54, 1.807) is 17.2 Å². The van der Waals surface area contributed by atoms with Gasteiger partial charge in [-0.25, -0.2) is 4.98 Å². The van der Waals surface area contributed by atoms with Crippen molar-refractivity contribution in [1.29, 1.82) is 0 Å². The van der Waals surface area contributed by atoms with Crippen molar-refractivity contribution in [3.8, 4) is 0 Å². The summed E-state index contributed by atoms with van der Waals surface area (Å²) in [5.41, 5.74) is 1.98. The number of hydrogen-bond acceptors (Lipinski definition) is 6. The standard InChI is InChI=1S/C16H18FN5O2/c1-10-5-7-23-11(10)8-18-14-13-15(21-16(17)20-14)22(9-19-13)12-4-2-3-6-24-12/h5,7,9,12H,2-4,6,8H2,1H3,(H,18,20,21). The van der Waals surface area contributed by atoms with Crippen molar-refractivity contribution in [2.24, 2.45) is 0 Å². The smallest absolute Gasteiger partial charge is 0.312 e. The summed E-state index contributed by atoms with van der Waals surface area (Å²) in [6.07, 6.45) is 5.29. The average Bonchev–Trinajstić information content (AvgIpc) is 3.19. The third-order valence-corrected chi connectivity index (χ3v) is 4.24. The van der Waals surface area contributed by atoms with Gasteiger partial charge < -0.3 is 14.5 Å². The van der Waals surface area contributed by atoms with Crippen LogP contribution in [0.3, 0.4) is 0 Å². The van der Waals surface area contributed by atoms with E-state index in [1.807, 2.05) is 13.0 Å². The van der Waals surface area contributed by atoms with Gasteiger partial charge in [0, 0.05) is 6.61 Å². The summed E-state index contributed by atoms with van der Waals surface area (Å²) in [4.78, 5) is 12.1. The normalized spacial score (nSPS) is 18.2. The number of imidazole rings is 1. The fourth-order valence-electron chi connectivity index (χ4n) is 2.92. The number of aromatic nitrogens is 4. The third kappa shape index (κ3) is 2.73. The number of nitrogens with zero attached hydrogens (tertiary/aromatic N) is 4. The monoisotopic (exact) mass is 331 g/mol. The molecule has 0 radical (unpaired) electrons. The highest BCUT2D eigenvalue weighted by molar-refractivity contribution is 5.82. The molecule has 126 valence electrons. The lowest BCUT2D eigenvalue weighted by atomic mass is 10.2. The van der Waals surface area contributed by atoms with E-state index in [2.05, 4.69) is 20.3 Å². The molecule has 1 atom stereocenters. The fourth-order valence-corrected chi connectivity index (χ4v) is 2.92. The van der Waals surface area contributed by atoms with Crippen LogP contribution in [-0.4, -0.2) is 26.1 Å². The topological polar surface area (TPSA) is 78.0 Å². The van der Waals surface area contributed by atoms with Gasteiger partial charge in [-0.2, -0.15) is 14.4 Å². The summed E-state index contributed by atoms with van der Waals surface area (Å²) in [6, 6.07) is 1.88. The Kier molecular flexibility index (Phi) is 3.89. The first-order valence-electron chi connectivity index (χ1n) is 8.01. The number of hydrogen-bond donors (Lipinski definition) is 1. The summed E-state index contributed by atoms with van der Waals surface area (Å²) in [6.45, 7) is 3.05. The number of ether oxygens (including phenoxy) is 1. The molecule has 1 aliphatic rings. The molecule has 0 spiro atoms. The summed E-state index contributed by atoms with van der Waals surface area (Å²) in [5.74, 6) is 1.13. The van der Waals surface area contributed by atoms with Crippen LogP contribution in [0.25, 0.3) is 11.2 Å². The van der Waals surface area contributed by atoms with Gasteiger partial charge >= 0.3 is 6.08 Å². The van der Waals surface area contributed by atoms with Gasteiger partial charge in [-0.15, -0.1) is 0 Å². The van der Waals surface area contributed by atoms with Crippen molar-refractivity contribution in [1.82, 2.24) is 19.5 Å². The Bertz CT molecular complexity index is 853. The molecule has 0 saturated carbocycles. The number of halogens is 1. The first-order chi connectivity index (χ1) is 11.7. The number of furan rings is 1. The van der Waals surface area contributed by atoms with Crippen molar-refractivity contribution in [3.05, 3.63) is 36.1 Å². The molecule has 4 rings (SSSR count). The molecule has 1 aliphatic heterocycles. The summed E-state index contributed by atoms with van der Waals surface area (Å²) >= 11 is 0. The van der Waals surface area contributed by atoms with Gasteiger partial charge in [-0.05, 0) is 37.8 Å². The number of aryl methyl sites for hydroxylation is 1. The Morgan fingerprint density at radius 2 is 2.29 bits per heavy atom. The van der Waals surface area contributed by atoms with Gasteiger partial charge in [0.1, 0.15) is 12.0 Å². The Morgan fingerprint density at radius 3 is 3.04 bits per heavy atom. The van der Waals surface area contributed by atoms with Crippen LogP contribution in [0.2, 0.25) is 0 Å². The summed E-state index contributed by atoms with van der Waals surface area (Å²) < 4.78 is 26.8. The molecule has 0 amide bonds. The highest BCUT2D eigenvalue weighted by atomic mass is 19.1. The summed E-state index contributed by atoms with van der Waals surface area (Å²) in [7, 11) is 0. The van der Waals surface area contributed by atoms with Crippen LogP contribution >= 0.6 is 0 Å². The van der Waals surface area contributed by atoms with Crippen LogP contribution in [0.15, 0.2) is 23.1 Å². The zero-order chi connectivity index (χ0) is 16.5. The lowest BCUT2D eigenvalue weighted by Crippen LogP contribution is -2.18. The van der Waals surface area contributed by atoms with Crippen molar-refractivity contribution in [3.63, 3.8) is 0 Å². The Balaban J connectivity index is 1.66. The molecule has 3 aromatic heterocycles. The van der Waals surface area contributed by atoms with Crippen LogP contribution in [0.1, 0.15) is 36.8 Å². The number of nitrogens with one attached hydrogen (secondary N) is 1. The molecule has 3 aromatic rings. The van der Waals surface area contributed by atoms with Gasteiger partial charge in [0.25, 0.3) is 0 Å². The van der Waals surface area contributed by atoms with E-state index >= 15 is 0 Å². The van der Waals surface area contributed by atoms with Crippen LogP contribution in [0.4, 0.5) is 10.2 Å². The Hall–Kier alpha value is -2.48. The second-order valence-electron chi connectivity index (χ2n) is 5.87. The SMILES string of the molecule is Cc1ccoc1CNc1nc(F)nc2c1ncn2C1CCCCO1. The first-order valence-corrected chi connectivity index (χ1v) is 8.01. The molecule has 4 heterocycles. The molecule has 7 nitrogen and oxygen atoms in total. The van der Waals surface area contributed by atoms with E-state index < -0.39 is 6.08 Å². The van der Waals surface area contributed by atoms with E-state index in [0.717, 1.165) is 30.6 Å². The molecule has 0 aromatic carbocycles. The second kappa shape index (κ2) is 6.20. The predicted octanol–water partition coefficient (Wildman–Crippen LogP) is 3.18. The van der Waals surface area contributed by atoms with Crippen molar-refractivity contribution in [2.45, 2.75) is 39.0 Å². The van der Waals surface area contributed by atoms with Crippen LogP contribution < -0.4 is 5.32 Å². The minimum Gasteiger partial charge on any atom is -0.467 e. The maximum absolute atomic E-state index is 13.9. The van der Waals surface area contributed by atoms with Crippen molar-refractivity contribution in [2.75, 3.05) is 11.9 Å². The van der Waals surface area contributed by atoms with E-state index in [1.165, 1.54) is 0 Å². The van der Waals surface area contributed by atoms with Gasteiger partial charge in [0.15, 0.2) is 17.0 Å². The fraction of sp³-hybridized carbons (Fsp3) is 0.438. The number of rotatable bonds is 4. The molecule has 0 aliphatic carbocycles. The average molecular weight is 331 g/mol. The molecular formula is C16H18FN5O2. The number of fused-ring (bicyclic) bond motifs is 1. The minimum atomic E-state index is -0.793. The lowest BCUT2D eigenvalue weighted by Gasteiger charge is -2.23. The molecule has 0 bridgehead atoms. The lowest BCUT2D eigenvalue weighted by molar-refractivity contribution is -0.0298. The van der Waals surface area contributed by atoms with E-state index in [0.29, 0.717) is 30.1 Å². The Morgan fingerprint density at radius 1 is 1.38 bits per heavy atom. The van der Waals surface area contributed by atoms with E-state index in [4.69, 9.17) is 9.15 Å². The number of anilines is 1. The maximum Gasteiger partial charge on any atom is 0.312 e. The van der Waals surface area contributed by atoms with Gasteiger partial charge in [0.05, 0.1) is 19.1 Å². The zero-order valence-corrected chi connectivity index (χ0v) is 13.3. The molecule has 1 fully saturated rings. The molecule has 8 heteroatoms. The molecule has 24 heavy (non-hydrogen) atoms. The van der Waals surface area contributed by atoms with Gasteiger partial charge in [-0.3, -0.25) is 4.57 Å². The van der Waals surface area contributed by atoms with Crippen LogP contribution in [-0.2, 0) is 11.3 Å². The first kappa shape index (κ1) is 15.1. The highest BCUT2D eigenvalue weighted by Gasteiger charge is 2.21. The largest absolute Gasteiger partial charge is 0.467 e. The van der Waals surface area contributed by atoms with Gasteiger partial charge in [-0.1, -0.05) is 0 Å². The van der Waals surface area contributed by atoms with Crippen LogP contribution in [0, 0.1) is 13.0 Å². The predicted molar refractivity (Wildman–Crippen MR) is 84.9 cm³/mol. The van der Waals surface area contributed by atoms with Gasteiger partial charge in [0.2, 0.25) is 0 Å². The van der Waals surface area contributed by atoms with Crippen molar-refractivity contribution < 1.29 is 13.5 Å². The van der Waals surface area contributed by atoms with E-state index in [9.17, 15) is 4.39 Å². The summed E-state index contributed by atoms with van der Waals surface area (Å²) in [5, 5.41) is 3.09. The molecular weight excluding hydrogens is 313 g/mol. The van der Waals surface area contributed by atoms with E-state index in [-0.39, 0.29) is 6.23 Å². The Labute approximate surface area is 137 Å².